The maximum absolute atomic E-state index is 5.50. The van der Waals surface area contributed by atoms with Gasteiger partial charge in [-0.25, -0.2) is 0 Å². The van der Waals surface area contributed by atoms with Gasteiger partial charge in [-0.2, -0.15) is 0 Å². The average Bonchev–Trinajstić information content (AvgIpc) is 2.69. The number of morpholine rings is 1. The fourth-order valence-electron chi connectivity index (χ4n) is 3.25. The van der Waals surface area contributed by atoms with E-state index >= 15 is 0 Å². The van der Waals surface area contributed by atoms with Gasteiger partial charge in [0.1, 0.15) is 11.5 Å². The quantitative estimate of drug-likeness (QED) is 0.549. The number of benzene rings is 1. The van der Waals surface area contributed by atoms with E-state index < -0.39 is 0 Å². The van der Waals surface area contributed by atoms with Crippen molar-refractivity contribution in [2.75, 3.05) is 67.7 Å². The standard InChI is InChI=1S/C20H34N4O3/c1-16(14-24-8-10-27-11-9-24)13-22-20(21-2)23(3)15-17-6-7-18(25-4)12-19(17)26-5/h6-7,12,16H,8-11,13-15H2,1-5H3,(H,21,22). The molecule has 2 rings (SSSR count). The van der Waals surface area contributed by atoms with Gasteiger partial charge in [0.15, 0.2) is 5.96 Å². The number of ether oxygens (including phenoxy) is 3. The molecule has 0 aromatic heterocycles. The highest BCUT2D eigenvalue weighted by Crippen LogP contribution is 2.25. The molecule has 1 aromatic rings. The SMILES string of the molecule is CN=C(NCC(C)CN1CCOCC1)N(C)Cc1ccc(OC)cc1OC. The molecule has 1 aliphatic heterocycles. The molecule has 7 heteroatoms. The third kappa shape index (κ3) is 6.59. The van der Waals surface area contributed by atoms with Crippen molar-refractivity contribution in [3.8, 4) is 11.5 Å². The second kappa shape index (κ2) is 11.0. The van der Waals surface area contributed by atoms with Crippen LogP contribution in [0.1, 0.15) is 12.5 Å². The van der Waals surface area contributed by atoms with E-state index in [1.165, 1.54) is 0 Å². The highest BCUT2D eigenvalue weighted by molar-refractivity contribution is 5.79. The topological polar surface area (TPSA) is 58.6 Å². The van der Waals surface area contributed by atoms with Crippen LogP contribution in [0.25, 0.3) is 0 Å². The first kappa shape index (κ1) is 21.3. The first-order valence-electron chi connectivity index (χ1n) is 9.50. The van der Waals surface area contributed by atoms with E-state index in [2.05, 4.69) is 27.0 Å². The van der Waals surface area contributed by atoms with Crippen LogP contribution in [-0.2, 0) is 11.3 Å². The molecule has 1 aromatic carbocycles. The van der Waals surface area contributed by atoms with E-state index in [1.807, 2.05) is 32.3 Å². The van der Waals surface area contributed by atoms with E-state index in [0.29, 0.717) is 12.5 Å². The van der Waals surface area contributed by atoms with E-state index in [-0.39, 0.29) is 0 Å². The Kier molecular flexibility index (Phi) is 8.67. The van der Waals surface area contributed by atoms with Gasteiger partial charge in [0, 0.05) is 58.4 Å². The van der Waals surface area contributed by atoms with Crippen LogP contribution >= 0.6 is 0 Å². The van der Waals surface area contributed by atoms with Gasteiger partial charge < -0.3 is 24.4 Å². The van der Waals surface area contributed by atoms with Gasteiger partial charge in [-0.3, -0.25) is 9.89 Å². The number of guanidine groups is 1. The lowest BCUT2D eigenvalue weighted by Gasteiger charge is -2.30. The molecule has 1 unspecified atom stereocenters. The average molecular weight is 379 g/mol. The van der Waals surface area contributed by atoms with E-state index in [9.17, 15) is 0 Å². The van der Waals surface area contributed by atoms with Gasteiger partial charge in [0.25, 0.3) is 0 Å². The molecule has 27 heavy (non-hydrogen) atoms. The molecule has 0 aliphatic carbocycles. The first-order valence-corrected chi connectivity index (χ1v) is 9.50. The Labute approximate surface area is 163 Å². The summed E-state index contributed by atoms with van der Waals surface area (Å²) < 4.78 is 16.2. The van der Waals surface area contributed by atoms with Crippen molar-refractivity contribution in [3.63, 3.8) is 0 Å². The monoisotopic (exact) mass is 378 g/mol. The van der Waals surface area contributed by atoms with Crippen molar-refractivity contribution in [2.24, 2.45) is 10.9 Å². The molecule has 0 bridgehead atoms. The van der Waals surface area contributed by atoms with Crippen LogP contribution in [0.2, 0.25) is 0 Å². The molecule has 0 saturated carbocycles. The number of nitrogens with zero attached hydrogens (tertiary/aromatic N) is 3. The minimum Gasteiger partial charge on any atom is -0.497 e. The third-order valence-corrected chi connectivity index (χ3v) is 4.76. The van der Waals surface area contributed by atoms with Gasteiger partial charge in [-0.1, -0.05) is 6.92 Å². The second-order valence-corrected chi connectivity index (χ2v) is 6.98. The second-order valence-electron chi connectivity index (χ2n) is 6.98. The normalized spacial score (nSPS) is 16.7. The van der Waals surface area contributed by atoms with Crippen LogP contribution in [0, 0.1) is 5.92 Å². The summed E-state index contributed by atoms with van der Waals surface area (Å²) in [6.45, 7) is 8.65. The molecule has 1 atom stereocenters. The van der Waals surface area contributed by atoms with Crippen molar-refractivity contribution >= 4 is 5.96 Å². The van der Waals surface area contributed by atoms with Crippen LogP contribution < -0.4 is 14.8 Å². The zero-order valence-corrected chi connectivity index (χ0v) is 17.3. The number of rotatable bonds is 8. The van der Waals surface area contributed by atoms with Gasteiger partial charge in [-0.15, -0.1) is 0 Å². The molecule has 7 nitrogen and oxygen atoms in total. The lowest BCUT2D eigenvalue weighted by atomic mass is 10.1. The maximum atomic E-state index is 5.50. The van der Waals surface area contributed by atoms with Crippen LogP contribution in [0.4, 0.5) is 0 Å². The molecule has 1 saturated heterocycles. The number of hydrogen-bond acceptors (Lipinski definition) is 5. The summed E-state index contributed by atoms with van der Waals surface area (Å²) in [7, 11) is 7.19. The van der Waals surface area contributed by atoms with Crippen molar-refractivity contribution in [2.45, 2.75) is 13.5 Å². The highest BCUT2D eigenvalue weighted by atomic mass is 16.5. The predicted octanol–water partition coefficient (Wildman–Crippen LogP) is 1.68. The maximum Gasteiger partial charge on any atom is 0.193 e. The van der Waals surface area contributed by atoms with Gasteiger partial charge in [0.05, 0.1) is 27.4 Å². The number of hydrogen-bond donors (Lipinski definition) is 1. The lowest BCUT2D eigenvalue weighted by molar-refractivity contribution is 0.0320. The molecule has 1 aliphatic rings. The van der Waals surface area contributed by atoms with Gasteiger partial charge >= 0.3 is 0 Å². The zero-order chi connectivity index (χ0) is 19.6. The largest absolute Gasteiger partial charge is 0.497 e. The molecule has 1 heterocycles. The lowest BCUT2D eigenvalue weighted by Crippen LogP contribution is -2.44. The summed E-state index contributed by atoms with van der Waals surface area (Å²) in [5, 5.41) is 3.49. The number of aliphatic imine (C=N–C) groups is 1. The third-order valence-electron chi connectivity index (χ3n) is 4.76. The van der Waals surface area contributed by atoms with Crippen molar-refractivity contribution in [1.82, 2.24) is 15.1 Å². The van der Waals surface area contributed by atoms with Crippen LogP contribution in [-0.4, -0.2) is 83.5 Å². The summed E-state index contributed by atoms with van der Waals surface area (Å²) in [4.78, 5) is 8.99. The van der Waals surface area contributed by atoms with Crippen molar-refractivity contribution in [1.29, 1.82) is 0 Å². The molecule has 1 fully saturated rings. The Hall–Kier alpha value is -1.99. The van der Waals surface area contributed by atoms with E-state index in [0.717, 1.165) is 62.4 Å². The Balaban J connectivity index is 1.87. The predicted molar refractivity (Wildman–Crippen MR) is 109 cm³/mol. The molecule has 152 valence electrons. The first-order chi connectivity index (χ1) is 13.1. The summed E-state index contributed by atoms with van der Waals surface area (Å²) in [6.07, 6.45) is 0. The summed E-state index contributed by atoms with van der Waals surface area (Å²) in [5.41, 5.74) is 1.09. The van der Waals surface area contributed by atoms with Crippen LogP contribution in [0.5, 0.6) is 11.5 Å². The Bertz CT molecular complexity index is 603. The highest BCUT2D eigenvalue weighted by Gasteiger charge is 2.15. The van der Waals surface area contributed by atoms with E-state index in [1.54, 1.807) is 14.2 Å². The Morgan fingerprint density at radius 3 is 2.67 bits per heavy atom. The fourth-order valence-corrected chi connectivity index (χ4v) is 3.25. The molecular formula is C20H34N4O3. The van der Waals surface area contributed by atoms with Crippen molar-refractivity contribution < 1.29 is 14.2 Å². The van der Waals surface area contributed by atoms with Crippen LogP contribution in [0.3, 0.4) is 0 Å². The van der Waals surface area contributed by atoms with E-state index in [4.69, 9.17) is 14.2 Å². The minimum atomic E-state index is 0.531. The molecule has 0 spiro atoms. The number of methoxy groups -OCH3 is 2. The molecular weight excluding hydrogens is 344 g/mol. The Morgan fingerprint density at radius 1 is 1.30 bits per heavy atom. The fraction of sp³-hybridized carbons (Fsp3) is 0.650. The summed E-state index contributed by atoms with van der Waals surface area (Å²) >= 11 is 0. The minimum absolute atomic E-state index is 0.531. The molecule has 0 radical (unpaired) electrons. The Morgan fingerprint density at radius 2 is 2.04 bits per heavy atom. The zero-order valence-electron chi connectivity index (χ0n) is 17.3. The molecule has 0 amide bonds. The summed E-state index contributed by atoms with van der Waals surface area (Å²) in [5.74, 6) is 3.01. The summed E-state index contributed by atoms with van der Waals surface area (Å²) in [6, 6.07) is 5.89. The smallest absolute Gasteiger partial charge is 0.193 e. The number of nitrogens with one attached hydrogen (secondary N) is 1. The van der Waals surface area contributed by atoms with Gasteiger partial charge in [-0.05, 0) is 18.1 Å². The van der Waals surface area contributed by atoms with Gasteiger partial charge in [0.2, 0.25) is 0 Å². The van der Waals surface area contributed by atoms with Crippen LogP contribution in [0.15, 0.2) is 23.2 Å². The van der Waals surface area contributed by atoms with Crippen molar-refractivity contribution in [3.05, 3.63) is 23.8 Å². The molecule has 1 N–H and O–H groups in total.